The van der Waals surface area contributed by atoms with Crippen molar-refractivity contribution in [2.24, 2.45) is 0 Å². The number of ether oxygens (including phenoxy) is 2. The standard InChI is InChI=1S/C14H27NO3/c1-2-17-9-10-18-12-7-8-15(11-12)13-5-3-4-6-14(13)16/h12-14,16H,2-11H2,1H3/t12-,13+,14-/m0/s1. The van der Waals surface area contributed by atoms with Gasteiger partial charge in [0.25, 0.3) is 0 Å². The van der Waals surface area contributed by atoms with Crippen molar-refractivity contribution in [3.8, 4) is 0 Å². The first kappa shape index (κ1) is 14.3. The van der Waals surface area contributed by atoms with Gasteiger partial charge in [0.15, 0.2) is 0 Å². The molecular weight excluding hydrogens is 230 g/mol. The predicted molar refractivity (Wildman–Crippen MR) is 70.7 cm³/mol. The van der Waals surface area contributed by atoms with E-state index < -0.39 is 0 Å². The molecule has 0 unspecified atom stereocenters. The van der Waals surface area contributed by atoms with E-state index in [-0.39, 0.29) is 6.10 Å². The highest BCUT2D eigenvalue weighted by Gasteiger charge is 2.33. The molecule has 0 aromatic carbocycles. The molecule has 4 nitrogen and oxygen atoms in total. The smallest absolute Gasteiger partial charge is 0.0715 e. The molecule has 1 aliphatic carbocycles. The lowest BCUT2D eigenvalue weighted by Crippen LogP contribution is -2.44. The second-order valence-electron chi connectivity index (χ2n) is 5.39. The number of nitrogens with zero attached hydrogens (tertiary/aromatic N) is 1. The fourth-order valence-corrected chi connectivity index (χ4v) is 3.13. The van der Waals surface area contributed by atoms with Crippen LogP contribution in [-0.2, 0) is 9.47 Å². The molecule has 1 heterocycles. The Morgan fingerprint density at radius 1 is 1.17 bits per heavy atom. The van der Waals surface area contributed by atoms with Gasteiger partial charge in [0.2, 0.25) is 0 Å². The van der Waals surface area contributed by atoms with E-state index in [1.807, 2.05) is 6.92 Å². The van der Waals surface area contributed by atoms with Gasteiger partial charge in [-0.05, 0) is 26.2 Å². The van der Waals surface area contributed by atoms with Crippen LogP contribution >= 0.6 is 0 Å². The lowest BCUT2D eigenvalue weighted by molar-refractivity contribution is -0.00341. The van der Waals surface area contributed by atoms with Gasteiger partial charge in [0.05, 0.1) is 25.4 Å². The minimum atomic E-state index is -0.124. The second-order valence-corrected chi connectivity index (χ2v) is 5.39. The van der Waals surface area contributed by atoms with Crippen molar-refractivity contribution >= 4 is 0 Å². The van der Waals surface area contributed by atoms with Crippen LogP contribution in [0.4, 0.5) is 0 Å². The zero-order valence-electron chi connectivity index (χ0n) is 11.5. The van der Waals surface area contributed by atoms with E-state index in [4.69, 9.17) is 9.47 Å². The molecule has 1 N–H and O–H groups in total. The maximum Gasteiger partial charge on any atom is 0.0715 e. The molecule has 3 atom stereocenters. The molecule has 0 amide bonds. The summed E-state index contributed by atoms with van der Waals surface area (Å²) in [6, 6.07) is 0.374. The van der Waals surface area contributed by atoms with Crippen LogP contribution < -0.4 is 0 Å². The zero-order chi connectivity index (χ0) is 12.8. The predicted octanol–water partition coefficient (Wildman–Crippen LogP) is 1.42. The molecule has 2 rings (SSSR count). The average molecular weight is 257 g/mol. The third-order valence-corrected chi connectivity index (χ3v) is 4.12. The van der Waals surface area contributed by atoms with Crippen LogP contribution in [0.25, 0.3) is 0 Å². The van der Waals surface area contributed by atoms with Crippen LogP contribution in [0, 0.1) is 0 Å². The normalized spacial score (nSPS) is 34.0. The molecule has 2 aliphatic rings. The Morgan fingerprint density at radius 3 is 2.78 bits per heavy atom. The summed E-state index contributed by atoms with van der Waals surface area (Å²) in [5, 5.41) is 10.1. The quantitative estimate of drug-likeness (QED) is 0.731. The summed E-state index contributed by atoms with van der Waals surface area (Å²) in [4.78, 5) is 2.43. The first-order valence-corrected chi connectivity index (χ1v) is 7.42. The van der Waals surface area contributed by atoms with E-state index in [1.165, 1.54) is 12.8 Å². The lowest BCUT2D eigenvalue weighted by Gasteiger charge is -2.35. The fourth-order valence-electron chi connectivity index (χ4n) is 3.13. The van der Waals surface area contributed by atoms with E-state index >= 15 is 0 Å². The number of hydrogen-bond donors (Lipinski definition) is 1. The zero-order valence-corrected chi connectivity index (χ0v) is 11.5. The van der Waals surface area contributed by atoms with Gasteiger partial charge in [0, 0.05) is 25.7 Å². The van der Waals surface area contributed by atoms with Crippen molar-refractivity contribution in [3.63, 3.8) is 0 Å². The van der Waals surface area contributed by atoms with Crippen molar-refractivity contribution in [2.75, 3.05) is 32.9 Å². The SMILES string of the molecule is CCOCCO[C@H]1CCN([C@@H]2CCCC[C@@H]2O)C1. The minimum absolute atomic E-state index is 0.124. The summed E-state index contributed by atoms with van der Waals surface area (Å²) in [7, 11) is 0. The summed E-state index contributed by atoms with van der Waals surface area (Å²) >= 11 is 0. The van der Waals surface area contributed by atoms with Gasteiger partial charge in [-0.3, -0.25) is 4.90 Å². The Kier molecular flexibility index (Phi) is 5.89. The molecule has 0 radical (unpaired) electrons. The monoisotopic (exact) mass is 257 g/mol. The number of likely N-dealkylation sites (tertiary alicyclic amines) is 1. The van der Waals surface area contributed by atoms with Gasteiger partial charge < -0.3 is 14.6 Å². The fraction of sp³-hybridized carbons (Fsp3) is 1.00. The Morgan fingerprint density at radius 2 is 2.00 bits per heavy atom. The number of rotatable bonds is 6. The van der Waals surface area contributed by atoms with Gasteiger partial charge in [-0.1, -0.05) is 12.8 Å². The average Bonchev–Trinajstić information content (AvgIpc) is 2.84. The first-order valence-electron chi connectivity index (χ1n) is 7.42. The van der Waals surface area contributed by atoms with Crippen molar-refractivity contribution in [1.82, 2.24) is 4.90 Å². The van der Waals surface area contributed by atoms with E-state index in [9.17, 15) is 5.11 Å². The molecule has 0 aromatic heterocycles. The largest absolute Gasteiger partial charge is 0.391 e. The lowest BCUT2D eigenvalue weighted by atomic mass is 9.91. The van der Waals surface area contributed by atoms with Crippen LogP contribution in [-0.4, -0.2) is 61.2 Å². The summed E-state index contributed by atoms with van der Waals surface area (Å²) < 4.78 is 11.1. The molecule has 0 spiro atoms. The van der Waals surface area contributed by atoms with Gasteiger partial charge >= 0.3 is 0 Å². The van der Waals surface area contributed by atoms with Crippen LogP contribution in [0.5, 0.6) is 0 Å². The molecule has 18 heavy (non-hydrogen) atoms. The molecule has 106 valence electrons. The van der Waals surface area contributed by atoms with E-state index in [0.717, 1.165) is 39.0 Å². The summed E-state index contributed by atoms with van der Waals surface area (Å²) in [6.45, 7) is 6.20. The van der Waals surface area contributed by atoms with Crippen LogP contribution in [0.1, 0.15) is 39.0 Å². The van der Waals surface area contributed by atoms with Crippen molar-refractivity contribution in [3.05, 3.63) is 0 Å². The van der Waals surface area contributed by atoms with Gasteiger partial charge in [-0.15, -0.1) is 0 Å². The molecule has 0 aromatic rings. The van der Waals surface area contributed by atoms with Gasteiger partial charge in [-0.25, -0.2) is 0 Å². The first-order chi connectivity index (χ1) is 8.81. The highest BCUT2D eigenvalue weighted by Crippen LogP contribution is 2.26. The van der Waals surface area contributed by atoms with Gasteiger partial charge in [-0.2, -0.15) is 0 Å². The van der Waals surface area contributed by atoms with Crippen LogP contribution in [0.15, 0.2) is 0 Å². The highest BCUT2D eigenvalue weighted by atomic mass is 16.5. The van der Waals surface area contributed by atoms with E-state index in [0.29, 0.717) is 25.4 Å². The molecule has 0 bridgehead atoms. The maximum atomic E-state index is 10.1. The Balaban J connectivity index is 1.67. The van der Waals surface area contributed by atoms with Crippen LogP contribution in [0.2, 0.25) is 0 Å². The number of hydrogen-bond acceptors (Lipinski definition) is 4. The van der Waals surface area contributed by atoms with E-state index in [2.05, 4.69) is 4.90 Å². The summed E-state index contributed by atoms with van der Waals surface area (Å²) in [5.41, 5.74) is 0. The topological polar surface area (TPSA) is 41.9 Å². The molecule has 1 saturated heterocycles. The third-order valence-electron chi connectivity index (χ3n) is 4.12. The Bertz CT molecular complexity index is 237. The maximum absolute atomic E-state index is 10.1. The molecule has 2 fully saturated rings. The molecule has 4 heteroatoms. The highest BCUT2D eigenvalue weighted by molar-refractivity contribution is 4.88. The number of aliphatic hydroxyl groups excluding tert-OH is 1. The minimum Gasteiger partial charge on any atom is -0.391 e. The third kappa shape index (κ3) is 3.92. The number of aliphatic hydroxyl groups is 1. The van der Waals surface area contributed by atoms with Crippen molar-refractivity contribution in [1.29, 1.82) is 0 Å². The molecular formula is C14H27NO3. The molecule has 1 saturated carbocycles. The van der Waals surface area contributed by atoms with Gasteiger partial charge in [0.1, 0.15) is 0 Å². The van der Waals surface area contributed by atoms with Crippen molar-refractivity contribution < 1.29 is 14.6 Å². The van der Waals surface area contributed by atoms with Crippen LogP contribution in [0.3, 0.4) is 0 Å². The summed E-state index contributed by atoms with van der Waals surface area (Å²) in [5.74, 6) is 0. The molecule has 1 aliphatic heterocycles. The Hall–Kier alpha value is -0.160. The second kappa shape index (κ2) is 7.43. The van der Waals surface area contributed by atoms with E-state index in [1.54, 1.807) is 0 Å². The Labute approximate surface area is 110 Å². The summed E-state index contributed by atoms with van der Waals surface area (Å²) in [6.07, 6.45) is 5.85. The van der Waals surface area contributed by atoms with Crippen molar-refractivity contribution in [2.45, 2.75) is 57.3 Å².